The maximum Gasteiger partial charge on any atom is 0.407 e. The number of nitrogens with zero attached hydrogens (tertiary/aromatic N) is 4. The maximum absolute atomic E-state index is 12.7. The molecule has 8 nitrogen and oxygen atoms in total. The molecule has 2 heterocycles. The number of alkyl carbamates (subject to hydrolysis) is 1. The van der Waals surface area contributed by atoms with Crippen molar-refractivity contribution in [1.82, 2.24) is 25.0 Å². The Labute approximate surface area is 191 Å². The molecule has 0 radical (unpaired) electrons. The van der Waals surface area contributed by atoms with Crippen LogP contribution in [-0.4, -0.2) is 62.7 Å². The lowest BCUT2D eigenvalue weighted by Gasteiger charge is -2.32. The van der Waals surface area contributed by atoms with Gasteiger partial charge in [0.15, 0.2) is 5.16 Å². The van der Waals surface area contributed by atoms with E-state index in [0.29, 0.717) is 41.5 Å². The number of carbonyl (C=O) groups is 2. The number of likely N-dealkylation sites (tertiary alicyclic amines) is 1. The van der Waals surface area contributed by atoms with Gasteiger partial charge in [0, 0.05) is 24.7 Å². The summed E-state index contributed by atoms with van der Waals surface area (Å²) in [5.41, 5.74) is 0.347. The molecule has 10 heteroatoms. The Morgan fingerprint density at radius 3 is 2.71 bits per heavy atom. The number of aromatic nitrogens is 3. The zero-order valence-electron chi connectivity index (χ0n) is 18.0. The van der Waals surface area contributed by atoms with E-state index in [1.807, 2.05) is 48.4 Å². The van der Waals surface area contributed by atoms with Crippen LogP contribution in [0.25, 0.3) is 5.69 Å². The van der Waals surface area contributed by atoms with Crippen molar-refractivity contribution in [2.75, 3.05) is 25.4 Å². The number of benzene rings is 1. The molecule has 1 fully saturated rings. The number of amides is 2. The molecular formula is C21H28ClN5O3S. The van der Waals surface area contributed by atoms with Crippen LogP contribution < -0.4 is 5.32 Å². The summed E-state index contributed by atoms with van der Waals surface area (Å²) in [7, 11) is 0. The highest BCUT2D eigenvalue weighted by molar-refractivity contribution is 7.99. The number of piperidine rings is 1. The molecule has 1 aromatic heterocycles. The first kappa shape index (κ1) is 23.4. The lowest BCUT2D eigenvalue weighted by Crippen LogP contribution is -2.43. The summed E-state index contributed by atoms with van der Waals surface area (Å²) in [6.45, 7) is 7.45. The Morgan fingerprint density at radius 1 is 1.29 bits per heavy atom. The average Bonchev–Trinajstić information content (AvgIpc) is 3.18. The SMILES string of the molecule is CC(C)(C)OC(=O)NCC1CCN(C(=O)CSc2nncn2-c2cccc(Cl)c2)CC1. The van der Waals surface area contributed by atoms with Crippen molar-refractivity contribution in [2.24, 2.45) is 5.92 Å². The Hall–Kier alpha value is -2.26. The second-order valence-corrected chi connectivity index (χ2v) is 9.84. The number of carbonyl (C=O) groups excluding carboxylic acids is 2. The molecule has 1 aliphatic rings. The smallest absolute Gasteiger partial charge is 0.407 e. The highest BCUT2D eigenvalue weighted by Gasteiger charge is 2.24. The summed E-state index contributed by atoms with van der Waals surface area (Å²) < 4.78 is 7.08. The van der Waals surface area contributed by atoms with Crippen LogP contribution in [0.1, 0.15) is 33.6 Å². The molecule has 0 bridgehead atoms. The summed E-state index contributed by atoms with van der Waals surface area (Å²) >= 11 is 7.43. The molecule has 31 heavy (non-hydrogen) atoms. The van der Waals surface area contributed by atoms with E-state index in [4.69, 9.17) is 16.3 Å². The minimum absolute atomic E-state index is 0.0733. The predicted octanol–water partition coefficient (Wildman–Crippen LogP) is 3.78. The van der Waals surface area contributed by atoms with Gasteiger partial charge in [-0.1, -0.05) is 29.4 Å². The lowest BCUT2D eigenvalue weighted by molar-refractivity contribution is -0.129. The van der Waals surface area contributed by atoms with Crippen molar-refractivity contribution < 1.29 is 14.3 Å². The summed E-state index contributed by atoms with van der Waals surface area (Å²) in [5, 5.41) is 12.2. The molecule has 2 amide bonds. The Kier molecular flexibility index (Phi) is 7.83. The maximum atomic E-state index is 12.7. The van der Waals surface area contributed by atoms with Crippen molar-refractivity contribution in [3.05, 3.63) is 35.6 Å². The minimum atomic E-state index is -0.505. The van der Waals surface area contributed by atoms with Gasteiger partial charge in [-0.25, -0.2) is 4.79 Å². The minimum Gasteiger partial charge on any atom is -0.444 e. The topological polar surface area (TPSA) is 89.3 Å². The van der Waals surface area contributed by atoms with Crippen LogP contribution in [-0.2, 0) is 9.53 Å². The van der Waals surface area contributed by atoms with Gasteiger partial charge in [-0.05, 0) is 57.7 Å². The average molecular weight is 466 g/mol. The third-order valence-corrected chi connectivity index (χ3v) is 5.99. The highest BCUT2D eigenvalue weighted by atomic mass is 35.5. The van der Waals surface area contributed by atoms with E-state index in [1.165, 1.54) is 11.8 Å². The first-order valence-electron chi connectivity index (χ1n) is 10.2. The number of ether oxygens (including phenoxy) is 1. The molecule has 1 aromatic carbocycles. The second kappa shape index (κ2) is 10.4. The summed E-state index contributed by atoms with van der Waals surface area (Å²) in [5.74, 6) is 0.708. The third kappa shape index (κ3) is 7.14. The van der Waals surface area contributed by atoms with Crippen molar-refractivity contribution >= 4 is 35.4 Å². The Bertz CT molecular complexity index is 906. The van der Waals surface area contributed by atoms with Gasteiger partial charge in [0.2, 0.25) is 5.91 Å². The van der Waals surface area contributed by atoms with Gasteiger partial charge in [0.1, 0.15) is 11.9 Å². The molecule has 1 N–H and O–H groups in total. The highest BCUT2D eigenvalue weighted by Crippen LogP contribution is 2.23. The molecule has 3 rings (SSSR count). The molecular weight excluding hydrogens is 438 g/mol. The standard InChI is InChI=1S/C21H28ClN5O3S/c1-21(2,3)30-20(29)23-12-15-7-9-26(10-8-15)18(28)13-31-19-25-24-14-27(19)17-6-4-5-16(22)11-17/h4-6,11,14-15H,7-10,12-13H2,1-3H3,(H,23,29). The van der Waals surface area contributed by atoms with Crippen LogP contribution in [0.3, 0.4) is 0 Å². The van der Waals surface area contributed by atoms with E-state index >= 15 is 0 Å². The number of hydrogen-bond acceptors (Lipinski definition) is 6. The Morgan fingerprint density at radius 2 is 2.03 bits per heavy atom. The van der Waals surface area contributed by atoms with Crippen molar-refractivity contribution in [3.8, 4) is 5.69 Å². The van der Waals surface area contributed by atoms with Crippen molar-refractivity contribution in [1.29, 1.82) is 0 Å². The number of nitrogens with one attached hydrogen (secondary N) is 1. The molecule has 2 aromatic rings. The normalized spacial score (nSPS) is 15.0. The van der Waals surface area contributed by atoms with E-state index < -0.39 is 11.7 Å². The van der Waals surface area contributed by atoms with Gasteiger partial charge >= 0.3 is 6.09 Å². The van der Waals surface area contributed by atoms with Crippen molar-refractivity contribution in [2.45, 2.75) is 44.4 Å². The first-order chi connectivity index (χ1) is 14.7. The molecule has 168 valence electrons. The summed E-state index contributed by atoms with van der Waals surface area (Å²) in [6.07, 6.45) is 2.92. The molecule has 0 unspecified atom stereocenters. The fourth-order valence-electron chi connectivity index (χ4n) is 3.27. The van der Waals surface area contributed by atoms with E-state index in [-0.39, 0.29) is 5.91 Å². The van der Waals surface area contributed by atoms with E-state index in [2.05, 4.69) is 15.5 Å². The molecule has 1 saturated heterocycles. The van der Waals surface area contributed by atoms with Gasteiger partial charge in [-0.3, -0.25) is 9.36 Å². The van der Waals surface area contributed by atoms with E-state index in [9.17, 15) is 9.59 Å². The quantitative estimate of drug-likeness (QED) is 0.653. The van der Waals surface area contributed by atoms with Crippen LogP contribution in [0.5, 0.6) is 0 Å². The van der Waals surface area contributed by atoms with Gasteiger partial charge in [0.05, 0.1) is 11.4 Å². The number of thioether (sulfide) groups is 1. The zero-order valence-corrected chi connectivity index (χ0v) is 19.6. The van der Waals surface area contributed by atoms with Crippen LogP contribution >= 0.6 is 23.4 Å². The van der Waals surface area contributed by atoms with Gasteiger partial charge < -0.3 is 15.0 Å². The van der Waals surface area contributed by atoms with Crippen LogP contribution in [0, 0.1) is 5.92 Å². The summed E-state index contributed by atoms with van der Waals surface area (Å²) in [4.78, 5) is 26.3. The molecule has 0 atom stereocenters. The summed E-state index contributed by atoms with van der Waals surface area (Å²) in [6, 6.07) is 7.40. The van der Waals surface area contributed by atoms with E-state index in [0.717, 1.165) is 18.5 Å². The molecule has 1 aliphatic heterocycles. The predicted molar refractivity (Wildman–Crippen MR) is 121 cm³/mol. The zero-order chi connectivity index (χ0) is 22.4. The van der Waals surface area contributed by atoms with Gasteiger partial charge in [-0.15, -0.1) is 10.2 Å². The molecule has 0 saturated carbocycles. The van der Waals surface area contributed by atoms with Gasteiger partial charge in [-0.2, -0.15) is 0 Å². The van der Waals surface area contributed by atoms with Gasteiger partial charge in [0.25, 0.3) is 0 Å². The second-order valence-electron chi connectivity index (χ2n) is 8.46. The third-order valence-electron chi connectivity index (χ3n) is 4.83. The first-order valence-corrected chi connectivity index (χ1v) is 11.6. The largest absolute Gasteiger partial charge is 0.444 e. The fourth-order valence-corrected chi connectivity index (χ4v) is 4.29. The Balaban J connectivity index is 1.43. The van der Waals surface area contributed by atoms with Crippen LogP contribution in [0.2, 0.25) is 5.02 Å². The number of halogens is 1. The van der Waals surface area contributed by atoms with E-state index in [1.54, 1.807) is 12.4 Å². The molecule has 0 aliphatic carbocycles. The fraction of sp³-hybridized carbons (Fsp3) is 0.524. The van der Waals surface area contributed by atoms with Crippen LogP contribution in [0.4, 0.5) is 4.79 Å². The van der Waals surface area contributed by atoms with Crippen molar-refractivity contribution in [3.63, 3.8) is 0 Å². The lowest BCUT2D eigenvalue weighted by atomic mass is 9.97. The number of hydrogen-bond donors (Lipinski definition) is 1. The number of rotatable bonds is 6. The van der Waals surface area contributed by atoms with Crippen LogP contribution in [0.15, 0.2) is 35.7 Å². The molecule has 0 spiro atoms. The monoisotopic (exact) mass is 465 g/mol.